The summed E-state index contributed by atoms with van der Waals surface area (Å²) in [7, 11) is -3.35. The Balaban J connectivity index is 3.32. The Bertz CT molecular complexity index is 394. The first kappa shape index (κ1) is 9.72. The first-order valence-electron chi connectivity index (χ1n) is 3.58. The monoisotopic (exact) mass is 202 g/mol. The smallest absolute Gasteiger partial charge is 0.223 e. The Morgan fingerprint density at radius 3 is 2.46 bits per heavy atom. The number of nitrogens with two attached hydrogens (primary N) is 2. The van der Waals surface area contributed by atoms with E-state index >= 15 is 0 Å². The van der Waals surface area contributed by atoms with E-state index in [1.54, 1.807) is 0 Å². The van der Waals surface area contributed by atoms with Gasteiger partial charge in [-0.25, -0.2) is 13.4 Å². The van der Waals surface area contributed by atoms with Gasteiger partial charge >= 0.3 is 0 Å². The van der Waals surface area contributed by atoms with Crippen LogP contribution in [0.2, 0.25) is 0 Å². The molecule has 0 spiro atoms. The highest BCUT2D eigenvalue weighted by Crippen LogP contribution is 2.11. The summed E-state index contributed by atoms with van der Waals surface area (Å²) in [5.74, 6) is -0.116. The number of nitrogen functional groups attached to an aromatic ring is 2. The molecular weight excluding hydrogens is 192 g/mol. The van der Waals surface area contributed by atoms with Gasteiger partial charge in [-0.05, 0) is 0 Å². The quantitative estimate of drug-likeness (QED) is 0.621. The zero-order valence-corrected chi connectivity index (χ0v) is 7.87. The van der Waals surface area contributed by atoms with Gasteiger partial charge in [0.05, 0.1) is 5.75 Å². The summed E-state index contributed by atoms with van der Waals surface area (Å²) in [5.41, 5.74) is 10.6. The van der Waals surface area contributed by atoms with Crippen molar-refractivity contribution in [2.24, 2.45) is 0 Å². The van der Waals surface area contributed by atoms with Gasteiger partial charge in [-0.2, -0.15) is 4.98 Å². The van der Waals surface area contributed by atoms with Gasteiger partial charge in [0.2, 0.25) is 5.95 Å². The van der Waals surface area contributed by atoms with Crippen LogP contribution in [0.1, 0.15) is 6.92 Å². The van der Waals surface area contributed by atoms with Crippen molar-refractivity contribution in [3.63, 3.8) is 0 Å². The second-order valence-electron chi connectivity index (χ2n) is 2.39. The average Bonchev–Trinajstić information content (AvgIpc) is 2.02. The lowest BCUT2D eigenvalue weighted by Crippen LogP contribution is -2.10. The molecule has 6 nitrogen and oxygen atoms in total. The predicted molar refractivity (Wildman–Crippen MR) is 48.6 cm³/mol. The van der Waals surface area contributed by atoms with E-state index in [9.17, 15) is 8.42 Å². The first-order valence-corrected chi connectivity index (χ1v) is 5.23. The average molecular weight is 202 g/mol. The van der Waals surface area contributed by atoms with E-state index in [0.717, 1.165) is 0 Å². The number of sulfone groups is 1. The summed E-state index contributed by atoms with van der Waals surface area (Å²) in [6, 6.07) is 1.19. The number of rotatable bonds is 2. The minimum absolute atomic E-state index is 0.0388. The van der Waals surface area contributed by atoms with Crippen LogP contribution in [0.25, 0.3) is 0 Å². The highest BCUT2D eigenvalue weighted by molar-refractivity contribution is 7.91. The van der Waals surface area contributed by atoms with Crippen LogP contribution in [0.5, 0.6) is 0 Å². The van der Waals surface area contributed by atoms with Gasteiger partial charge in [0.15, 0.2) is 14.9 Å². The van der Waals surface area contributed by atoms with Crippen LogP contribution in [-0.2, 0) is 9.84 Å². The normalized spacial score (nSPS) is 11.5. The number of aromatic nitrogens is 2. The van der Waals surface area contributed by atoms with Gasteiger partial charge in [0.1, 0.15) is 5.82 Å². The molecular formula is C6H10N4O2S. The van der Waals surface area contributed by atoms with E-state index in [-0.39, 0.29) is 22.5 Å². The topological polar surface area (TPSA) is 112 Å². The van der Waals surface area contributed by atoms with Crippen LogP contribution in [0.4, 0.5) is 11.8 Å². The minimum atomic E-state index is -3.35. The molecule has 7 heteroatoms. The molecule has 0 fully saturated rings. The summed E-state index contributed by atoms with van der Waals surface area (Å²) in [5, 5.41) is -0.125. The second kappa shape index (κ2) is 3.17. The molecule has 0 unspecified atom stereocenters. The molecule has 0 bridgehead atoms. The van der Waals surface area contributed by atoms with Crippen LogP contribution in [-0.4, -0.2) is 24.1 Å². The van der Waals surface area contributed by atoms with Crippen LogP contribution in [0.3, 0.4) is 0 Å². The lowest BCUT2D eigenvalue weighted by atomic mass is 10.6. The van der Waals surface area contributed by atoms with Crippen molar-refractivity contribution in [1.29, 1.82) is 0 Å². The number of anilines is 2. The molecule has 0 aliphatic rings. The summed E-state index contributed by atoms with van der Waals surface area (Å²) in [6.07, 6.45) is 0. The third kappa shape index (κ3) is 2.05. The van der Waals surface area contributed by atoms with Crippen LogP contribution < -0.4 is 11.5 Å². The maximum absolute atomic E-state index is 11.3. The molecule has 1 aromatic rings. The van der Waals surface area contributed by atoms with Crippen LogP contribution in [0.15, 0.2) is 11.1 Å². The van der Waals surface area contributed by atoms with E-state index in [2.05, 4.69) is 9.97 Å². The number of hydrogen-bond acceptors (Lipinski definition) is 6. The molecule has 0 aliphatic heterocycles. The summed E-state index contributed by atoms with van der Waals surface area (Å²) in [6.45, 7) is 1.52. The fourth-order valence-corrected chi connectivity index (χ4v) is 1.60. The Morgan fingerprint density at radius 2 is 2.00 bits per heavy atom. The minimum Gasteiger partial charge on any atom is -0.383 e. The van der Waals surface area contributed by atoms with Crippen molar-refractivity contribution in [2.75, 3.05) is 17.2 Å². The molecule has 72 valence electrons. The van der Waals surface area contributed by atoms with Crippen molar-refractivity contribution >= 4 is 21.6 Å². The molecule has 1 heterocycles. The highest BCUT2D eigenvalue weighted by atomic mass is 32.2. The Kier molecular flexibility index (Phi) is 2.37. The second-order valence-corrected chi connectivity index (χ2v) is 4.62. The van der Waals surface area contributed by atoms with Crippen molar-refractivity contribution in [2.45, 2.75) is 11.9 Å². The van der Waals surface area contributed by atoms with Gasteiger partial charge in [-0.3, -0.25) is 0 Å². The van der Waals surface area contributed by atoms with E-state index in [0.29, 0.717) is 0 Å². The summed E-state index contributed by atoms with van der Waals surface area (Å²) >= 11 is 0. The van der Waals surface area contributed by atoms with Crippen LogP contribution >= 0.6 is 0 Å². The Labute approximate surface area is 75.9 Å². The predicted octanol–water partition coefficient (Wildman–Crippen LogP) is -0.565. The Morgan fingerprint density at radius 1 is 1.38 bits per heavy atom. The molecule has 0 saturated heterocycles. The maximum Gasteiger partial charge on any atom is 0.223 e. The standard InChI is InChI=1S/C6H10N4O2S/c1-2-13(11,12)5-3-4(7)9-6(8)10-5/h3H,2H2,1H3,(H4,7,8,9,10). The Hall–Kier alpha value is -1.37. The van der Waals surface area contributed by atoms with Gasteiger partial charge in [-0.1, -0.05) is 6.92 Å². The number of nitrogens with zero attached hydrogens (tertiary/aromatic N) is 2. The van der Waals surface area contributed by atoms with Crippen molar-refractivity contribution < 1.29 is 8.42 Å². The zero-order chi connectivity index (χ0) is 10.1. The van der Waals surface area contributed by atoms with Gasteiger partial charge in [0.25, 0.3) is 0 Å². The highest BCUT2D eigenvalue weighted by Gasteiger charge is 2.14. The lowest BCUT2D eigenvalue weighted by molar-refractivity contribution is 0.593. The van der Waals surface area contributed by atoms with Gasteiger partial charge < -0.3 is 11.5 Å². The van der Waals surface area contributed by atoms with E-state index in [1.807, 2.05) is 0 Å². The third-order valence-corrected chi connectivity index (χ3v) is 3.04. The van der Waals surface area contributed by atoms with Gasteiger partial charge in [-0.15, -0.1) is 0 Å². The SMILES string of the molecule is CCS(=O)(=O)c1cc(N)nc(N)n1. The largest absolute Gasteiger partial charge is 0.383 e. The fraction of sp³-hybridized carbons (Fsp3) is 0.333. The summed E-state index contributed by atoms with van der Waals surface area (Å²) in [4.78, 5) is 7.14. The molecule has 13 heavy (non-hydrogen) atoms. The van der Waals surface area contributed by atoms with Crippen molar-refractivity contribution in [3.8, 4) is 0 Å². The molecule has 0 atom stereocenters. The molecule has 0 radical (unpaired) electrons. The molecule has 0 saturated carbocycles. The van der Waals surface area contributed by atoms with E-state index < -0.39 is 9.84 Å². The van der Waals surface area contributed by atoms with Gasteiger partial charge in [0, 0.05) is 6.07 Å². The third-order valence-electron chi connectivity index (χ3n) is 1.44. The molecule has 0 amide bonds. The molecule has 0 aromatic carbocycles. The first-order chi connectivity index (χ1) is 5.95. The molecule has 1 aromatic heterocycles. The zero-order valence-electron chi connectivity index (χ0n) is 7.06. The lowest BCUT2D eigenvalue weighted by Gasteiger charge is -2.01. The van der Waals surface area contributed by atoms with E-state index in [4.69, 9.17) is 11.5 Å². The number of hydrogen-bond donors (Lipinski definition) is 2. The maximum atomic E-state index is 11.3. The van der Waals surface area contributed by atoms with Crippen molar-refractivity contribution in [1.82, 2.24) is 9.97 Å². The van der Waals surface area contributed by atoms with Crippen LogP contribution in [0, 0.1) is 0 Å². The summed E-state index contributed by atoms with van der Waals surface area (Å²) < 4.78 is 22.6. The van der Waals surface area contributed by atoms with E-state index in [1.165, 1.54) is 13.0 Å². The molecule has 1 rings (SSSR count). The molecule has 4 N–H and O–H groups in total. The van der Waals surface area contributed by atoms with Crippen molar-refractivity contribution in [3.05, 3.63) is 6.07 Å². The fourth-order valence-electron chi connectivity index (χ4n) is 0.768. The molecule has 0 aliphatic carbocycles.